The molecular weight excluding hydrogens is 663 g/mol. The second kappa shape index (κ2) is 15.0. The van der Waals surface area contributed by atoms with Crippen molar-refractivity contribution >= 4 is 54.7 Å². The topological polar surface area (TPSA) is 138 Å². The SMILES string of the molecule is CCC(=C\c1oc2ccc(-c3ccccc3)cc2[n+]1CCC(C)S(=O)(=O)O)/C=C1/Oc2ccc(Cl)cc2N1CCCS(=O)(=O)O.[Na+]. The fourth-order valence-electron chi connectivity index (χ4n) is 5.09. The number of oxazole rings is 1. The summed E-state index contributed by atoms with van der Waals surface area (Å²) in [4.78, 5) is 1.81. The number of nitrogens with zero attached hydrogens (tertiary/aromatic N) is 2. The number of benzene rings is 3. The summed E-state index contributed by atoms with van der Waals surface area (Å²) in [6.45, 7) is 3.93. The van der Waals surface area contributed by atoms with Gasteiger partial charge in [0.15, 0.2) is 12.3 Å². The van der Waals surface area contributed by atoms with Gasteiger partial charge in [-0.2, -0.15) is 21.4 Å². The third-order valence-corrected chi connectivity index (χ3v) is 9.90. The smallest absolute Gasteiger partial charge is 0.439 e. The summed E-state index contributed by atoms with van der Waals surface area (Å²) < 4.78 is 79.5. The first-order chi connectivity index (χ1) is 21.3. The Balaban J connectivity index is 0.00000480. The van der Waals surface area contributed by atoms with Crippen molar-refractivity contribution in [3.8, 4) is 16.9 Å². The van der Waals surface area contributed by atoms with E-state index in [9.17, 15) is 25.9 Å². The fraction of sp³-hybridized carbons (Fsp3) is 0.281. The zero-order chi connectivity index (χ0) is 32.4. The van der Waals surface area contributed by atoms with E-state index in [1.165, 1.54) is 6.92 Å². The molecule has 0 amide bonds. The number of rotatable bonds is 12. The number of aromatic nitrogens is 1. The predicted octanol–water partition coefficient (Wildman–Crippen LogP) is 3.52. The van der Waals surface area contributed by atoms with Gasteiger partial charge in [-0.05, 0) is 60.7 Å². The Morgan fingerprint density at radius 2 is 1.76 bits per heavy atom. The first-order valence-electron chi connectivity index (χ1n) is 14.4. The van der Waals surface area contributed by atoms with Crippen LogP contribution in [0, 0.1) is 0 Å². The van der Waals surface area contributed by atoms with Crippen molar-refractivity contribution in [1.29, 1.82) is 0 Å². The van der Waals surface area contributed by atoms with Gasteiger partial charge in [0, 0.05) is 30.1 Å². The molecule has 2 heterocycles. The molecular formula is C32H34ClN2NaO8S2+2. The molecule has 5 rings (SSSR count). The standard InChI is InChI=1S/C32H33ClN2O8S2.Na/c1-3-23(18-31-34(15-7-17-44(36,37)38)28-21-26(33)11-13-30(28)43-31)19-32-35(16-14-22(2)45(39,40)41)27-20-25(10-12-29(27)42-32)24-8-5-4-6-9-24;/h4-6,8-13,18-22H,3,7,14-17H2,1-2H3,(H-,36,37,38,39,40,41);/q;+1/p+1. The first-order valence-corrected chi connectivity index (χ1v) is 17.9. The Bertz CT molecular complexity index is 1990. The normalized spacial score (nSPS) is 15.1. The van der Waals surface area contributed by atoms with E-state index in [2.05, 4.69) is 0 Å². The maximum atomic E-state index is 11.8. The van der Waals surface area contributed by atoms with Gasteiger partial charge in [-0.3, -0.25) is 9.11 Å². The van der Waals surface area contributed by atoms with Crippen LogP contribution < -0.4 is 43.8 Å². The number of fused-ring (bicyclic) bond motifs is 2. The average molecular weight is 697 g/mol. The van der Waals surface area contributed by atoms with Crippen LogP contribution in [0.25, 0.3) is 28.3 Å². The van der Waals surface area contributed by atoms with Gasteiger partial charge >= 0.3 is 35.4 Å². The molecule has 0 saturated carbocycles. The summed E-state index contributed by atoms with van der Waals surface area (Å²) >= 11 is 6.25. The van der Waals surface area contributed by atoms with Crippen LogP contribution in [-0.4, -0.2) is 43.5 Å². The van der Waals surface area contributed by atoms with E-state index in [1.807, 2.05) is 77.1 Å². The fourth-order valence-corrected chi connectivity index (χ4v) is 6.15. The van der Waals surface area contributed by atoms with E-state index in [0.29, 0.717) is 40.2 Å². The van der Waals surface area contributed by atoms with Crippen molar-refractivity contribution < 1.29 is 69.2 Å². The second-order valence-electron chi connectivity index (χ2n) is 10.8. The monoisotopic (exact) mass is 696 g/mol. The number of allylic oxidation sites excluding steroid dienone is 2. The molecule has 1 aliphatic heterocycles. The van der Waals surface area contributed by atoms with E-state index in [0.717, 1.165) is 22.2 Å². The second-order valence-corrected chi connectivity index (χ2v) is 14.7. The third-order valence-electron chi connectivity index (χ3n) is 7.61. The Kier molecular flexibility index (Phi) is 11.8. The van der Waals surface area contributed by atoms with Crippen LogP contribution in [-0.2, 0) is 26.8 Å². The van der Waals surface area contributed by atoms with E-state index in [1.54, 1.807) is 18.2 Å². The minimum Gasteiger partial charge on any atom is -0.439 e. The summed E-state index contributed by atoms with van der Waals surface area (Å²) in [7, 11) is -8.36. The Morgan fingerprint density at radius 3 is 2.43 bits per heavy atom. The van der Waals surface area contributed by atoms with Crippen molar-refractivity contribution in [2.45, 2.75) is 44.9 Å². The molecule has 238 valence electrons. The molecule has 46 heavy (non-hydrogen) atoms. The minimum absolute atomic E-state index is 0. The van der Waals surface area contributed by atoms with Crippen LogP contribution in [0.15, 0.2) is 88.7 Å². The molecule has 10 nitrogen and oxygen atoms in total. The van der Waals surface area contributed by atoms with E-state index >= 15 is 0 Å². The van der Waals surface area contributed by atoms with Crippen molar-refractivity contribution in [1.82, 2.24) is 0 Å². The van der Waals surface area contributed by atoms with Gasteiger partial charge in [0.1, 0.15) is 0 Å². The number of aryl methyl sites for hydroxylation is 1. The van der Waals surface area contributed by atoms with Crippen LogP contribution in [0.2, 0.25) is 5.02 Å². The molecule has 0 spiro atoms. The quantitative estimate of drug-likeness (QED) is 0.130. The zero-order valence-corrected chi connectivity index (χ0v) is 30.1. The molecule has 0 bridgehead atoms. The van der Waals surface area contributed by atoms with E-state index in [4.69, 9.17) is 20.8 Å². The maximum absolute atomic E-state index is 11.8. The summed E-state index contributed by atoms with van der Waals surface area (Å²) in [5.41, 5.74) is 4.83. The largest absolute Gasteiger partial charge is 1.00 e. The molecule has 3 aromatic carbocycles. The molecule has 1 aromatic heterocycles. The molecule has 1 atom stereocenters. The number of halogens is 1. The molecule has 2 N–H and O–H groups in total. The van der Waals surface area contributed by atoms with Crippen molar-refractivity contribution in [2.24, 2.45) is 0 Å². The van der Waals surface area contributed by atoms with Gasteiger partial charge in [0.05, 0.1) is 22.8 Å². The van der Waals surface area contributed by atoms with Crippen molar-refractivity contribution in [2.75, 3.05) is 17.2 Å². The van der Waals surface area contributed by atoms with Crippen LogP contribution in [0.5, 0.6) is 5.75 Å². The van der Waals surface area contributed by atoms with Gasteiger partial charge in [0.25, 0.3) is 25.8 Å². The molecule has 0 radical (unpaired) electrons. The van der Waals surface area contributed by atoms with Crippen molar-refractivity contribution in [3.05, 3.63) is 95.2 Å². The zero-order valence-electron chi connectivity index (χ0n) is 25.8. The molecule has 1 unspecified atom stereocenters. The molecule has 4 aromatic rings. The van der Waals surface area contributed by atoms with Crippen LogP contribution in [0.1, 0.15) is 39.0 Å². The summed E-state index contributed by atoms with van der Waals surface area (Å²) in [6, 6.07) is 20.8. The Labute approximate surface area is 296 Å². The van der Waals surface area contributed by atoms with Crippen molar-refractivity contribution in [3.63, 3.8) is 0 Å². The summed E-state index contributed by atoms with van der Waals surface area (Å²) in [5.74, 6) is 1.07. The molecule has 14 heteroatoms. The van der Waals surface area contributed by atoms with E-state index in [-0.39, 0.29) is 55.5 Å². The minimum atomic E-state index is -4.22. The molecule has 0 fully saturated rings. The van der Waals surface area contributed by atoms with Gasteiger partial charge in [-0.1, -0.05) is 54.9 Å². The van der Waals surface area contributed by atoms with Gasteiger partial charge in [-0.15, -0.1) is 0 Å². The van der Waals surface area contributed by atoms with Gasteiger partial charge in [0.2, 0.25) is 11.5 Å². The average Bonchev–Trinajstić information content (AvgIpc) is 3.50. The molecule has 0 saturated heterocycles. The number of ether oxygens (including phenoxy) is 1. The predicted molar refractivity (Wildman–Crippen MR) is 174 cm³/mol. The van der Waals surface area contributed by atoms with E-state index < -0.39 is 31.2 Å². The Hall–Kier alpha value is -2.68. The number of hydrogen-bond acceptors (Lipinski definition) is 7. The van der Waals surface area contributed by atoms with Crippen LogP contribution >= 0.6 is 11.6 Å². The summed E-state index contributed by atoms with van der Waals surface area (Å²) in [5, 5.41) is -0.493. The number of anilines is 1. The van der Waals surface area contributed by atoms with Gasteiger partial charge in [-0.25, -0.2) is 0 Å². The summed E-state index contributed by atoms with van der Waals surface area (Å²) in [6.07, 6.45) is 4.54. The third kappa shape index (κ3) is 8.81. The van der Waals surface area contributed by atoms with Crippen LogP contribution in [0.4, 0.5) is 5.69 Å². The molecule has 0 aliphatic carbocycles. The van der Waals surface area contributed by atoms with Crippen LogP contribution in [0.3, 0.4) is 0 Å². The Morgan fingerprint density at radius 1 is 1.02 bits per heavy atom. The number of hydrogen-bond donors (Lipinski definition) is 2. The van der Waals surface area contributed by atoms with Gasteiger partial charge < -0.3 is 14.1 Å². The molecule has 1 aliphatic rings. The maximum Gasteiger partial charge on any atom is 1.00 e. The first kappa shape index (κ1) is 36.2.